The largest absolute Gasteiger partial charge is 0.467 e. The van der Waals surface area contributed by atoms with Crippen molar-refractivity contribution in [3.8, 4) is 16.9 Å². The van der Waals surface area contributed by atoms with Crippen LogP contribution in [0, 0.1) is 13.8 Å². The Balaban J connectivity index is 1.44. The summed E-state index contributed by atoms with van der Waals surface area (Å²) in [5.41, 5.74) is 5.06. The highest BCUT2D eigenvalue weighted by Crippen LogP contribution is 2.25. The third kappa shape index (κ3) is 6.10. The highest BCUT2D eigenvalue weighted by atomic mass is 35.5. The molecule has 0 saturated carbocycles. The van der Waals surface area contributed by atoms with E-state index in [1.54, 1.807) is 36.4 Å². The van der Waals surface area contributed by atoms with E-state index in [0.29, 0.717) is 28.0 Å². The minimum absolute atomic E-state index is 0.103. The Kier molecular flexibility index (Phi) is 7.61. The molecule has 0 aliphatic carbocycles. The molecule has 1 N–H and O–H groups in total. The first kappa shape index (κ1) is 26.0. The number of nitrogens with zero attached hydrogens (tertiary/aromatic N) is 3. The van der Waals surface area contributed by atoms with Crippen molar-refractivity contribution in [2.45, 2.75) is 20.4 Å². The van der Waals surface area contributed by atoms with Gasteiger partial charge in [-0.25, -0.2) is 4.98 Å². The number of amides is 2. The van der Waals surface area contributed by atoms with E-state index in [2.05, 4.69) is 5.32 Å². The summed E-state index contributed by atoms with van der Waals surface area (Å²) < 4.78 is 7.28. The SMILES string of the molecule is Cc1ccc(-c2cn(-c3ccc(C)cc3)c(NC(=O)CN(Cc3ccco3)C(=O)c3ccccc3Cl)n2)cc1. The van der Waals surface area contributed by atoms with Gasteiger partial charge in [0.15, 0.2) is 0 Å². The molecule has 5 rings (SSSR count). The van der Waals surface area contributed by atoms with Crippen LogP contribution >= 0.6 is 11.6 Å². The van der Waals surface area contributed by atoms with E-state index in [4.69, 9.17) is 21.0 Å². The fraction of sp³-hybridized carbons (Fsp3) is 0.129. The average molecular weight is 539 g/mol. The quantitative estimate of drug-likeness (QED) is 0.239. The maximum absolute atomic E-state index is 13.4. The summed E-state index contributed by atoms with van der Waals surface area (Å²) in [5.74, 6) is 0.110. The Morgan fingerprint density at radius 1 is 0.923 bits per heavy atom. The number of anilines is 1. The van der Waals surface area contributed by atoms with Gasteiger partial charge in [0.1, 0.15) is 12.3 Å². The maximum Gasteiger partial charge on any atom is 0.256 e. The molecule has 39 heavy (non-hydrogen) atoms. The molecule has 0 saturated heterocycles. The Labute approximate surface area is 231 Å². The highest BCUT2D eigenvalue weighted by molar-refractivity contribution is 6.33. The van der Waals surface area contributed by atoms with Crippen molar-refractivity contribution in [3.05, 3.63) is 125 Å². The van der Waals surface area contributed by atoms with E-state index in [1.807, 2.05) is 73.1 Å². The van der Waals surface area contributed by atoms with Crippen LogP contribution in [0.5, 0.6) is 0 Å². The van der Waals surface area contributed by atoms with Gasteiger partial charge in [-0.3, -0.25) is 19.5 Å². The van der Waals surface area contributed by atoms with E-state index in [1.165, 1.54) is 11.2 Å². The second-order valence-electron chi connectivity index (χ2n) is 9.29. The molecular weight excluding hydrogens is 512 g/mol. The van der Waals surface area contributed by atoms with Gasteiger partial charge < -0.3 is 9.32 Å². The first-order chi connectivity index (χ1) is 18.9. The zero-order valence-corrected chi connectivity index (χ0v) is 22.4. The maximum atomic E-state index is 13.4. The van der Waals surface area contributed by atoms with Crippen LogP contribution in [0.3, 0.4) is 0 Å². The van der Waals surface area contributed by atoms with Gasteiger partial charge in [-0.2, -0.15) is 0 Å². The Morgan fingerprint density at radius 2 is 1.62 bits per heavy atom. The number of furan rings is 1. The van der Waals surface area contributed by atoms with Crippen LogP contribution in [0.25, 0.3) is 16.9 Å². The molecule has 0 fully saturated rings. The third-order valence-corrected chi connectivity index (χ3v) is 6.60. The molecule has 196 valence electrons. The van der Waals surface area contributed by atoms with Gasteiger partial charge in [-0.15, -0.1) is 0 Å². The lowest BCUT2D eigenvalue weighted by molar-refractivity contribution is -0.117. The summed E-state index contributed by atoms with van der Waals surface area (Å²) in [7, 11) is 0. The predicted octanol–water partition coefficient (Wildman–Crippen LogP) is 6.68. The van der Waals surface area contributed by atoms with Gasteiger partial charge in [-0.05, 0) is 50.2 Å². The number of hydrogen-bond donors (Lipinski definition) is 1. The molecule has 2 amide bonds. The first-order valence-electron chi connectivity index (χ1n) is 12.5. The average Bonchev–Trinajstić information content (AvgIpc) is 3.59. The third-order valence-electron chi connectivity index (χ3n) is 6.27. The fourth-order valence-electron chi connectivity index (χ4n) is 4.17. The smallest absolute Gasteiger partial charge is 0.256 e. The number of carbonyl (C=O) groups is 2. The van der Waals surface area contributed by atoms with Crippen LogP contribution in [0.4, 0.5) is 5.95 Å². The van der Waals surface area contributed by atoms with Gasteiger partial charge >= 0.3 is 0 Å². The molecule has 3 aromatic carbocycles. The number of nitrogens with one attached hydrogen (secondary N) is 1. The Morgan fingerprint density at radius 3 is 2.28 bits per heavy atom. The second-order valence-corrected chi connectivity index (χ2v) is 9.70. The topological polar surface area (TPSA) is 80.4 Å². The van der Waals surface area contributed by atoms with Crippen molar-refractivity contribution < 1.29 is 14.0 Å². The van der Waals surface area contributed by atoms with E-state index in [0.717, 1.165) is 22.4 Å². The summed E-state index contributed by atoms with van der Waals surface area (Å²) in [6.45, 7) is 3.91. The molecule has 8 heteroatoms. The van der Waals surface area contributed by atoms with E-state index < -0.39 is 5.91 Å². The van der Waals surface area contributed by atoms with Crippen molar-refractivity contribution in [2.24, 2.45) is 0 Å². The molecule has 0 unspecified atom stereocenters. The molecule has 0 spiro atoms. The predicted molar refractivity (Wildman–Crippen MR) is 152 cm³/mol. The number of rotatable bonds is 8. The van der Waals surface area contributed by atoms with Crippen molar-refractivity contribution in [1.29, 1.82) is 0 Å². The fourth-order valence-corrected chi connectivity index (χ4v) is 4.38. The van der Waals surface area contributed by atoms with Gasteiger partial charge in [0.25, 0.3) is 5.91 Å². The molecule has 0 bridgehead atoms. The number of halogens is 1. The lowest BCUT2D eigenvalue weighted by Crippen LogP contribution is -2.38. The number of benzene rings is 3. The van der Waals surface area contributed by atoms with Gasteiger partial charge in [0, 0.05) is 17.4 Å². The Bertz CT molecular complexity index is 1590. The normalized spacial score (nSPS) is 10.8. The minimum Gasteiger partial charge on any atom is -0.467 e. The molecule has 5 aromatic rings. The van der Waals surface area contributed by atoms with Crippen LogP contribution in [0.1, 0.15) is 27.2 Å². The van der Waals surface area contributed by atoms with Gasteiger partial charge in [0.2, 0.25) is 11.9 Å². The molecule has 0 radical (unpaired) electrons. The molecule has 2 aromatic heterocycles. The summed E-state index contributed by atoms with van der Waals surface area (Å²) in [6.07, 6.45) is 3.42. The minimum atomic E-state index is -0.406. The number of imidazole rings is 1. The number of hydrogen-bond acceptors (Lipinski definition) is 4. The summed E-state index contributed by atoms with van der Waals surface area (Å²) in [4.78, 5) is 32.9. The number of aryl methyl sites for hydroxylation is 2. The second kappa shape index (κ2) is 11.4. The van der Waals surface area contributed by atoms with Crippen LogP contribution < -0.4 is 5.32 Å². The van der Waals surface area contributed by atoms with E-state index in [9.17, 15) is 9.59 Å². The zero-order chi connectivity index (χ0) is 27.4. The van der Waals surface area contributed by atoms with Crippen molar-refractivity contribution >= 4 is 29.4 Å². The summed E-state index contributed by atoms with van der Waals surface area (Å²) >= 11 is 6.30. The standard InChI is InChI=1S/C31H27ClN4O3/c1-21-9-13-23(14-10-21)28-19-36(24-15-11-22(2)12-16-24)31(33-28)34-29(37)20-35(18-25-6-5-17-39-25)30(38)26-7-3-4-8-27(26)32/h3-17,19H,18,20H2,1-2H3,(H,33,34,37). The Hall–Kier alpha value is -4.62. The van der Waals surface area contributed by atoms with Crippen molar-refractivity contribution in [1.82, 2.24) is 14.5 Å². The lowest BCUT2D eigenvalue weighted by Gasteiger charge is -2.22. The highest BCUT2D eigenvalue weighted by Gasteiger charge is 2.23. The molecule has 0 atom stereocenters. The van der Waals surface area contributed by atoms with E-state index >= 15 is 0 Å². The van der Waals surface area contributed by atoms with Crippen LogP contribution in [-0.2, 0) is 11.3 Å². The van der Waals surface area contributed by atoms with Crippen molar-refractivity contribution in [2.75, 3.05) is 11.9 Å². The molecular formula is C31H27ClN4O3. The van der Waals surface area contributed by atoms with Crippen LogP contribution in [0.15, 0.2) is 102 Å². The molecule has 0 aliphatic rings. The van der Waals surface area contributed by atoms with Crippen LogP contribution in [0.2, 0.25) is 5.02 Å². The summed E-state index contributed by atoms with van der Waals surface area (Å²) in [6, 6.07) is 26.2. The van der Waals surface area contributed by atoms with E-state index in [-0.39, 0.29) is 19.0 Å². The monoisotopic (exact) mass is 538 g/mol. The molecule has 0 aliphatic heterocycles. The van der Waals surface area contributed by atoms with Crippen molar-refractivity contribution in [3.63, 3.8) is 0 Å². The van der Waals surface area contributed by atoms with Gasteiger partial charge in [-0.1, -0.05) is 71.3 Å². The number of carbonyl (C=O) groups excluding carboxylic acids is 2. The van der Waals surface area contributed by atoms with Crippen LogP contribution in [-0.4, -0.2) is 32.8 Å². The number of aromatic nitrogens is 2. The molecule has 2 heterocycles. The summed E-state index contributed by atoms with van der Waals surface area (Å²) in [5, 5.41) is 3.22. The zero-order valence-electron chi connectivity index (χ0n) is 21.6. The first-order valence-corrected chi connectivity index (χ1v) is 12.8. The lowest BCUT2D eigenvalue weighted by atomic mass is 10.1. The molecule has 7 nitrogen and oxygen atoms in total. The van der Waals surface area contributed by atoms with Gasteiger partial charge in [0.05, 0.1) is 29.1 Å².